The number of aromatic nitrogens is 3. The molecule has 7 rings (SSSR count). The number of aryl methyl sites for hydroxylation is 2. The second kappa shape index (κ2) is 7.29. The molecule has 4 atom stereocenters. The molecule has 0 bridgehead atoms. The van der Waals surface area contributed by atoms with E-state index in [0.29, 0.717) is 23.8 Å². The molecule has 1 aromatic carbocycles. The van der Waals surface area contributed by atoms with Gasteiger partial charge in [-0.25, -0.2) is 9.97 Å². The van der Waals surface area contributed by atoms with E-state index in [9.17, 15) is 0 Å². The first-order valence-electron chi connectivity index (χ1n) is 12.2. The molecule has 6 heteroatoms. The van der Waals surface area contributed by atoms with E-state index in [1.54, 1.807) is 6.33 Å². The van der Waals surface area contributed by atoms with E-state index in [-0.39, 0.29) is 6.04 Å². The smallest absolute Gasteiger partial charge is 0.143 e. The monoisotopic (exact) mass is 429 g/mol. The number of benzene rings is 1. The predicted molar refractivity (Wildman–Crippen MR) is 125 cm³/mol. The van der Waals surface area contributed by atoms with Crippen molar-refractivity contribution in [3.05, 3.63) is 53.0 Å². The third-order valence-electron chi connectivity index (χ3n) is 8.22. The summed E-state index contributed by atoms with van der Waals surface area (Å²) in [6.07, 6.45) is 6.59. The van der Waals surface area contributed by atoms with Gasteiger partial charge in [-0.15, -0.1) is 0 Å². The zero-order chi connectivity index (χ0) is 21.2. The van der Waals surface area contributed by atoms with E-state index in [1.807, 2.05) is 0 Å². The lowest BCUT2D eigenvalue weighted by Gasteiger charge is -2.40. The van der Waals surface area contributed by atoms with Crippen LogP contribution in [-0.4, -0.2) is 52.2 Å². The number of aromatic amines is 1. The Morgan fingerprint density at radius 3 is 2.72 bits per heavy atom. The van der Waals surface area contributed by atoms with Gasteiger partial charge in [0.25, 0.3) is 0 Å². The van der Waals surface area contributed by atoms with Crippen LogP contribution < -0.4 is 5.32 Å². The summed E-state index contributed by atoms with van der Waals surface area (Å²) in [5, 5.41) is 5.04. The minimum atomic E-state index is 0.233. The van der Waals surface area contributed by atoms with Gasteiger partial charge in [-0.3, -0.25) is 4.90 Å². The summed E-state index contributed by atoms with van der Waals surface area (Å²) in [5.74, 6) is 3.04. The van der Waals surface area contributed by atoms with Crippen molar-refractivity contribution in [2.75, 3.05) is 31.6 Å². The predicted octanol–water partition coefficient (Wildman–Crippen LogP) is 4.19. The molecule has 2 saturated heterocycles. The van der Waals surface area contributed by atoms with Crippen LogP contribution in [0.3, 0.4) is 0 Å². The van der Waals surface area contributed by atoms with Crippen LogP contribution in [0.25, 0.3) is 11.0 Å². The summed E-state index contributed by atoms with van der Waals surface area (Å²) in [7, 11) is 0. The Morgan fingerprint density at radius 2 is 1.91 bits per heavy atom. The number of ether oxygens (including phenoxy) is 1. The maximum absolute atomic E-state index is 5.75. The van der Waals surface area contributed by atoms with Crippen molar-refractivity contribution < 1.29 is 4.74 Å². The number of nitrogens with one attached hydrogen (secondary N) is 2. The lowest BCUT2D eigenvalue weighted by atomic mass is 9.82. The zero-order valence-corrected chi connectivity index (χ0v) is 18.7. The molecule has 4 heterocycles. The van der Waals surface area contributed by atoms with E-state index in [2.05, 4.69) is 51.4 Å². The third kappa shape index (κ3) is 3.15. The highest BCUT2D eigenvalue weighted by Crippen LogP contribution is 2.43. The Hall–Kier alpha value is -2.44. The fourth-order valence-electron chi connectivity index (χ4n) is 6.33. The number of rotatable bonds is 4. The van der Waals surface area contributed by atoms with Crippen LogP contribution in [0.4, 0.5) is 5.82 Å². The first kappa shape index (κ1) is 19.1. The molecule has 6 nitrogen and oxygen atoms in total. The summed E-state index contributed by atoms with van der Waals surface area (Å²) in [6.45, 7) is 6.38. The Balaban J connectivity index is 1.26. The summed E-state index contributed by atoms with van der Waals surface area (Å²) in [6, 6.07) is 9.98. The molecule has 1 saturated carbocycles. The molecule has 32 heavy (non-hydrogen) atoms. The maximum Gasteiger partial charge on any atom is 0.143 e. The van der Waals surface area contributed by atoms with Gasteiger partial charge < -0.3 is 15.0 Å². The maximum atomic E-state index is 5.75. The molecule has 2 aliphatic carbocycles. The third-order valence-corrected chi connectivity index (χ3v) is 8.22. The average molecular weight is 430 g/mol. The summed E-state index contributed by atoms with van der Waals surface area (Å²) >= 11 is 0. The summed E-state index contributed by atoms with van der Waals surface area (Å²) in [5.41, 5.74) is 6.53. The second-order valence-electron chi connectivity index (χ2n) is 10.4. The van der Waals surface area contributed by atoms with Gasteiger partial charge in [0.2, 0.25) is 0 Å². The number of fused-ring (bicyclic) bond motifs is 3. The molecule has 3 fully saturated rings. The van der Waals surface area contributed by atoms with Gasteiger partial charge in [-0.05, 0) is 55.7 Å². The first-order chi connectivity index (χ1) is 15.7. The highest BCUT2D eigenvalue weighted by atomic mass is 16.5. The van der Waals surface area contributed by atoms with Crippen LogP contribution in [0.5, 0.6) is 0 Å². The molecular weight excluding hydrogens is 398 g/mol. The quantitative estimate of drug-likeness (QED) is 0.651. The molecule has 0 unspecified atom stereocenters. The SMILES string of the molecule is Cc1ccc2c(c1)CC[C@H](N1C[C@@H]3COC[C@H]3C1)[C@H]2Nc1ncnc2[nH]c(C3CC3)cc12. The molecule has 4 aliphatic rings. The fourth-order valence-corrected chi connectivity index (χ4v) is 6.33. The zero-order valence-electron chi connectivity index (χ0n) is 18.7. The normalized spacial score (nSPS) is 29.9. The number of likely N-dealkylation sites (tertiary alicyclic amines) is 1. The number of hydrogen-bond donors (Lipinski definition) is 2. The van der Waals surface area contributed by atoms with E-state index < -0.39 is 0 Å². The highest BCUT2D eigenvalue weighted by Gasteiger charge is 2.43. The van der Waals surface area contributed by atoms with Gasteiger partial charge in [0.05, 0.1) is 24.6 Å². The van der Waals surface area contributed by atoms with E-state index in [0.717, 1.165) is 49.6 Å². The fraction of sp³-hybridized carbons (Fsp3) is 0.538. The van der Waals surface area contributed by atoms with Crippen LogP contribution in [0.15, 0.2) is 30.6 Å². The van der Waals surface area contributed by atoms with Crippen LogP contribution in [0.2, 0.25) is 0 Å². The largest absolute Gasteiger partial charge is 0.381 e. The molecule has 0 radical (unpaired) electrons. The summed E-state index contributed by atoms with van der Waals surface area (Å²) < 4.78 is 5.75. The summed E-state index contributed by atoms with van der Waals surface area (Å²) in [4.78, 5) is 15.5. The van der Waals surface area contributed by atoms with Crippen molar-refractivity contribution in [3.63, 3.8) is 0 Å². The van der Waals surface area contributed by atoms with Gasteiger partial charge in [-0.2, -0.15) is 0 Å². The molecule has 2 aliphatic heterocycles. The number of H-pyrrole nitrogens is 1. The van der Waals surface area contributed by atoms with E-state index >= 15 is 0 Å². The average Bonchev–Trinajstić information content (AvgIpc) is 3.20. The lowest BCUT2D eigenvalue weighted by molar-refractivity contribution is 0.127. The molecule has 166 valence electrons. The molecule has 3 aromatic rings. The molecule has 2 aromatic heterocycles. The Labute approximate surface area is 188 Å². The van der Waals surface area contributed by atoms with Crippen molar-refractivity contribution in [1.82, 2.24) is 19.9 Å². The minimum absolute atomic E-state index is 0.233. The van der Waals surface area contributed by atoms with E-state index in [1.165, 1.54) is 41.6 Å². The van der Waals surface area contributed by atoms with Crippen LogP contribution in [0.1, 0.15) is 53.6 Å². The minimum Gasteiger partial charge on any atom is -0.381 e. The number of nitrogens with zero attached hydrogens (tertiary/aromatic N) is 3. The Kier molecular flexibility index (Phi) is 4.34. The Morgan fingerprint density at radius 1 is 1.06 bits per heavy atom. The van der Waals surface area contributed by atoms with Crippen molar-refractivity contribution >= 4 is 16.9 Å². The highest BCUT2D eigenvalue weighted by molar-refractivity contribution is 5.88. The molecular formula is C26H31N5O. The topological polar surface area (TPSA) is 66.1 Å². The molecule has 2 N–H and O–H groups in total. The number of anilines is 1. The van der Waals surface area contributed by atoms with Gasteiger partial charge in [0, 0.05) is 36.7 Å². The van der Waals surface area contributed by atoms with Gasteiger partial charge in [-0.1, -0.05) is 23.8 Å². The number of hydrogen-bond acceptors (Lipinski definition) is 5. The lowest BCUT2D eigenvalue weighted by Crippen LogP contribution is -2.44. The second-order valence-corrected chi connectivity index (χ2v) is 10.4. The van der Waals surface area contributed by atoms with Crippen molar-refractivity contribution in [2.45, 2.75) is 50.6 Å². The van der Waals surface area contributed by atoms with Gasteiger partial charge in [0.15, 0.2) is 0 Å². The van der Waals surface area contributed by atoms with Crippen molar-refractivity contribution in [1.29, 1.82) is 0 Å². The van der Waals surface area contributed by atoms with Crippen LogP contribution >= 0.6 is 0 Å². The van der Waals surface area contributed by atoms with E-state index in [4.69, 9.17) is 9.72 Å². The van der Waals surface area contributed by atoms with Gasteiger partial charge in [0.1, 0.15) is 17.8 Å². The first-order valence-corrected chi connectivity index (χ1v) is 12.2. The molecule has 0 amide bonds. The standard InChI is InChI=1S/C26H31N5O/c1-15-2-6-20-17(8-15)5-7-23(31-10-18-12-32-13-19(18)11-31)24(20)30-26-21-9-22(16-3-4-16)29-25(21)27-14-28-26/h2,6,8-9,14,16,18-19,23-24H,3-5,7,10-13H2,1H3,(H2,27,28,29,30)/t18-,19-,23+,24+/m1/s1. The van der Waals surface area contributed by atoms with Crippen LogP contribution in [0, 0.1) is 18.8 Å². The van der Waals surface area contributed by atoms with Crippen LogP contribution in [-0.2, 0) is 11.2 Å². The van der Waals surface area contributed by atoms with Crippen molar-refractivity contribution in [2.24, 2.45) is 11.8 Å². The van der Waals surface area contributed by atoms with Crippen molar-refractivity contribution in [3.8, 4) is 0 Å². The Bertz CT molecular complexity index is 1160. The van der Waals surface area contributed by atoms with Gasteiger partial charge >= 0.3 is 0 Å². The molecule has 0 spiro atoms.